The van der Waals surface area contributed by atoms with Crippen LogP contribution < -0.4 is 5.32 Å². The molecule has 2 heterocycles. The smallest absolute Gasteiger partial charge is 0.184 e. The zero-order chi connectivity index (χ0) is 15.1. The molecule has 2 rings (SSSR count). The minimum Gasteiger partial charge on any atom is -0.317 e. The summed E-state index contributed by atoms with van der Waals surface area (Å²) < 4.78 is 1.89. The summed E-state index contributed by atoms with van der Waals surface area (Å²) in [4.78, 5) is 12.3. The van der Waals surface area contributed by atoms with Crippen LogP contribution in [0.2, 0.25) is 0 Å². The zero-order valence-electron chi connectivity index (χ0n) is 13.3. The number of hydrogen-bond acceptors (Lipinski definition) is 4. The number of carbonyl (C=O) groups is 1. The molecule has 0 spiro atoms. The average molecular weight is 292 g/mol. The van der Waals surface area contributed by atoms with Crippen LogP contribution in [0.25, 0.3) is 0 Å². The van der Waals surface area contributed by atoms with Crippen LogP contribution in [0.4, 0.5) is 0 Å². The highest BCUT2D eigenvalue weighted by molar-refractivity contribution is 5.93. The summed E-state index contributed by atoms with van der Waals surface area (Å²) >= 11 is 0. The fourth-order valence-corrected chi connectivity index (χ4v) is 2.96. The van der Waals surface area contributed by atoms with Gasteiger partial charge in [0.05, 0.1) is 12.2 Å². The zero-order valence-corrected chi connectivity index (χ0v) is 13.3. The molecule has 1 saturated heterocycles. The number of nitrogens with one attached hydrogen (secondary N) is 1. The van der Waals surface area contributed by atoms with Crippen LogP contribution in [0.3, 0.4) is 0 Å². The van der Waals surface area contributed by atoms with Crippen molar-refractivity contribution in [3.8, 4) is 0 Å². The van der Waals surface area contributed by atoms with Crippen LogP contribution in [0.5, 0.6) is 0 Å². The van der Waals surface area contributed by atoms with Crippen molar-refractivity contribution in [3.63, 3.8) is 0 Å². The van der Waals surface area contributed by atoms with Crippen LogP contribution in [0.1, 0.15) is 75.3 Å². The Kier molecular flexibility index (Phi) is 6.36. The first-order valence-corrected chi connectivity index (χ1v) is 8.40. The third-order valence-corrected chi connectivity index (χ3v) is 4.50. The van der Waals surface area contributed by atoms with Crippen LogP contribution in [-0.2, 0) is 0 Å². The summed E-state index contributed by atoms with van der Waals surface area (Å²) in [5.74, 6) is 0.639. The van der Waals surface area contributed by atoms with Gasteiger partial charge in [-0.1, -0.05) is 44.7 Å². The van der Waals surface area contributed by atoms with Gasteiger partial charge in [-0.05, 0) is 31.8 Å². The van der Waals surface area contributed by atoms with E-state index < -0.39 is 0 Å². The molecule has 0 amide bonds. The Morgan fingerprint density at radius 3 is 2.86 bits per heavy atom. The fraction of sp³-hybridized carbons (Fsp3) is 0.812. The summed E-state index contributed by atoms with van der Waals surface area (Å²) in [6.07, 6.45) is 9.18. The largest absolute Gasteiger partial charge is 0.317 e. The lowest BCUT2D eigenvalue weighted by atomic mass is 9.93. The van der Waals surface area contributed by atoms with Crippen LogP contribution in [0.15, 0.2) is 6.20 Å². The van der Waals surface area contributed by atoms with Crippen molar-refractivity contribution in [2.45, 2.75) is 64.8 Å². The van der Waals surface area contributed by atoms with E-state index in [2.05, 4.69) is 29.5 Å². The Labute approximate surface area is 127 Å². The first-order valence-electron chi connectivity index (χ1n) is 8.40. The molecule has 0 aliphatic carbocycles. The second kappa shape index (κ2) is 8.27. The van der Waals surface area contributed by atoms with Gasteiger partial charge >= 0.3 is 0 Å². The van der Waals surface area contributed by atoms with E-state index in [1.165, 1.54) is 12.8 Å². The molecule has 1 unspecified atom stereocenters. The van der Waals surface area contributed by atoms with Gasteiger partial charge in [-0.25, -0.2) is 4.68 Å². The number of rotatable bonds is 8. The lowest BCUT2D eigenvalue weighted by Crippen LogP contribution is -2.29. The normalized spacial score (nSPS) is 17.8. The van der Waals surface area contributed by atoms with E-state index in [9.17, 15) is 4.79 Å². The number of hydrogen-bond donors (Lipinski definition) is 1. The third-order valence-electron chi connectivity index (χ3n) is 4.50. The summed E-state index contributed by atoms with van der Waals surface area (Å²) in [7, 11) is 0. The Hall–Kier alpha value is -1.23. The second-order valence-corrected chi connectivity index (χ2v) is 6.11. The molecule has 1 N–H and O–H groups in total. The Morgan fingerprint density at radius 2 is 2.19 bits per heavy atom. The molecule has 0 radical (unpaired) electrons. The maximum atomic E-state index is 12.3. The van der Waals surface area contributed by atoms with Gasteiger partial charge in [0.15, 0.2) is 5.78 Å². The summed E-state index contributed by atoms with van der Waals surface area (Å²) in [6, 6.07) is 0.391. The molecule has 5 heteroatoms. The molecule has 118 valence electrons. The molecule has 0 aromatic carbocycles. The van der Waals surface area contributed by atoms with E-state index in [4.69, 9.17) is 0 Å². The SMILES string of the molecule is CCCCC(CC)CC(=O)c1cn(C2CCNCC2)nn1. The van der Waals surface area contributed by atoms with E-state index in [0.29, 0.717) is 24.1 Å². The Balaban J connectivity index is 1.91. The van der Waals surface area contributed by atoms with E-state index in [-0.39, 0.29) is 5.78 Å². The molecule has 0 saturated carbocycles. The van der Waals surface area contributed by atoms with Gasteiger partial charge in [-0.2, -0.15) is 0 Å². The van der Waals surface area contributed by atoms with Crippen molar-refractivity contribution in [2.75, 3.05) is 13.1 Å². The van der Waals surface area contributed by atoms with Gasteiger partial charge < -0.3 is 5.32 Å². The first kappa shape index (κ1) is 16.1. The van der Waals surface area contributed by atoms with Crippen LogP contribution >= 0.6 is 0 Å². The highest BCUT2D eigenvalue weighted by Gasteiger charge is 2.20. The van der Waals surface area contributed by atoms with Gasteiger partial charge in [0.1, 0.15) is 5.69 Å². The molecule has 1 aliphatic heterocycles. The topological polar surface area (TPSA) is 59.8 Å². The minimum absolute atomic E-state index is 0.151. The molecule has 5 nitrogen and oxygen atoms in total. The van der Waals surface area contributed by atoms with Crippen molar-refractivity contribution in [2.24, 2.45) is 5.92 Å². The fourth-order valence-electron chi connectivity index (χ4n) is 2.96. The molecule has 1 aromatic heterocycles. The highest BCUT2D eigenvalue weighted by Crippen LogP contribution is 2.20. The number of piperidine rings is 1. The lowest BCUT2D eigenvalue weighted by molar-refractivity contribution is 0.0952. The van der Waals surface area contributed by atoms with E-state index in [1.807, 2.05) is 10.9 Å². The van der Waals surface area contributed by atoms with Gasteiger partial charge in [0.2, 0.25) is 0 Å². The molecule has 1 fully saturated rings. The standard InChI is InChI=1S/C16H28N4O/c1-3-5-6-13(4-2)11-16(21)15-12-20(19-18-15)14-7-9-17-10-8-14/h12-14,17H,3-11H2,1-2H3. The number of Topliss-reactive ketones (excluding diaryl/α,β-unsaturated/α-hetero) is 1. The molecule has 21 heavy (non-hydrogen) atoms. The van der Waals surface area contributed by atoms with Gasteiger partial charge in [-0.15, -0.1) is 5.10 Å². The van der Waals surface area contributed by atoms with Crippen molar-refractivity contribution in [3.05, 3.63) is 11.9 Å². The first-order chi connectivity index (χ1) is 10.2. The Morgan fingerprint density at radius 1 is 1.43 bits per heavy atom. The molecule has 1 atom stereocenters. The summed E-state index contributed by atoms with van der Waals surface area (Å²) in [5.41, 5.74) is 0.545. The van der Waals surface area contributed by atoms with Crippen molar-refractivity contribution < 1.29 is 4.79 Å². The van der Waals surface area contributed by atoms with Crippen molar-refractivity contribution in [1.29, 1.82) is 0 Å². The molecule has 1 aromatic rings. The van der Waals surface area contributed by atoms with E-state index in [1.54, 1.807) is 0 Å². The molecular formula is C16H28N4O. The molecular weight excluding hydrogens is 264 g/mol. The quantitative estimate of drug-likeness (QED) is 0.748. The van der Waals surface area contributed by atoms with Crippen LogP contribution in [-0.4, -0.2) is 33.9 Å². The van der Waals surface area contributed by atoms with Crippen molar-refractivity contribution in [1.82, 2.24) is 20.3 Å². The summed E-state index contributed by atoms with van der Waals surface area (Å²) in [6.45, 7) is 6.39. The number of aromatic nitrogens is 3. The van der Waals surface area contributed by atoms with Crippen LogP contribution in [0, 0.1) is 5.92 Å². The summed E-state index contributed by atoms with van der Waals surface area (Å²) in [5, 5.41) is 11.6. The highest BCUT2D eigenvalue weighted by atomic mass is 16.1. The average Bonchev–Trinajstić information content (AvgIpc) is 3.02. The maximum absolute atomic E-state index is 12.3. The molecule has 0 bridgehead atoms. The predicted molar refractivity (Wildman–Crippen MR) is 83.4 cm³/mol. The number of ketones is 1. The van der Waals surface area contributed by atoms with Crippen molar-refractivity contribution >= 4 is 5.78 Å². The lowest BCUT2D eigenvalue weighted by Gasteiger charge is -2.22. The Bertz CT molecular complexity index is 437. The maximum Gasteiger partial charge on any atom is 0.184 e. The predicted octanol–water partition coefficient (Wildman–Crippen LogP) is 2.99. The molecule has 1 aliphatic rings. The van der Waals surface area contributed by atoms with Gasteiger partial charge in [0, 0.05) is 6.42 Å². The monoisotopic (exact) mass is 292 g/mol. The third kappa shape index (κ3) is 4.63. The van der Waals surface area contributed by atoms with Gasteiger partial charge in [0.25, 0.3) is 0 Å². The van der Waals surface area contributed by atoms with E-state index >= 15 is 0 Å². The minimum atomic E-state index is 0.151. The second-order valence-electron chi connectivity index (χ2n) is 6.11. The number of nitrogens with zero attached hydrogens (tertiary/aromatic N) is 3. The van der Waals surface area contributed by atoms with Gasteiger partial charge in [-0.3, -0.25) is 4.79 Å². The number of carbonyl (C=O) groups excluding carboxylic acids is 1. The number of unbranched alkanes of at least 4 members (excludes halogenated alkanes) is 1. The van der Waals surface area contributed by atoms with E-state index in [0.717, 1.165) is 38.8 Å².